The van der Waals surface area contributed by atoms with Crippen molar-refractivity contribution in [3.8, 4) is 0 Å². The summed E-state index contributed by atoms with van der Waals surface area (Å²) in [6.07, 6.45) is 4.94. The SMILES string of the molecule is CCCCCCOCCOCCOCCC(=O)N1CCN(c2cc3c(cc2F)C(=O)N(C2CCC(=O)NC2=O)C3=O)CC1. The van der Waals surface area contributed by atoms with Crippen LogP contribution in [-0.2, 0) is 28.6 Å². The first-order chi connectivity index (χ1) is 20.8. The van der Waals surface area contributed by atoms with Gasteiger partial charge in [-0.2, -0.15) is 0 Å². The summed E-state index contributed by atoms with van der Waals surface area (Å²) in [6, 6.07) is 1.24. The second-order valence-corrected chi connectivity index (χ2v) is 10.8. The van der Waals surface area contributed by atoms with Gasteiger partial charge in [0.15, 0.2) is 0 Å². The Labute approximate surface area is 250 Å². The number of hydrogen-bond donors (Lipinski definition) is 1. The van der Waals surface area contributed by atoms with E-state index < -0.39 is 35.5 Å². The van der Waals surface area contributed by atoms with Crippen LogP contribution in [0.5, 0.6) is 0 Å². The maximum atomic E-state index is 15.1. The third kappa shape index (κ3) is 8.36. The molecule has 4 rings (SSSR count). The van der Waals surface area contributed by atoms with Gasteiger partial charge in [-0.15, -0.1) is 0 Å². The van der Waals surface area contributed by atoms with Gasteiger partial charge >= 0.3 is 0 Å². The van der Waals surface area contributed by atoms with Gasteiger partial charge in [0.05, 0.1) is 56.3 Å². The van der Waals surface area contributed by atoms with Gasteiger partial charge in [0.25, 0.3) is 11.8 Å². The average Bonchev–Trinajstić information content (AvgIpc) is 3.23. The Morgan fingerprint density at radius 3 is 2.14 bits per heavy atom. The molecule has 1 N–H and O–H groups in total. The molecule has 3 aliphatic rings. The van der Waals surface area contributed by atoms with E-state index in [4.69, 9.17) is 14.2 Å². The molecule has 3 heterocycles. The molecule has 13 heteroatoms. The molecule has 43 heavy (non-hydrogen) atoms. The zero-order valence-electron chi connectivity index (χ0n) is 24.7. The number of nitrogens with zero attached hydrogens (tertiary/aromatic N) is 3. The van der Waals surface area contributed by atoms with Crippen molar-refractivity contribution in [1.29, 1.82) is 0 Å². The second-order valence-electron chi connectivity index (χ2n) is 10.8. The number of fused-ring (bicyclic) bond motifs is 1. The lowest BCUT2D eigenvalue weighted by atomic mass is 10.0. The summed E-state index contributed by atoms with van der Waals surface area (Å²) < 4.78 is 31.7. The van der Waals surface area contributed by atoms with Gasteiger partial charge in [-0.25, -0.2) is 4.39 Å². The molecule has 1 aromatic carbocycles. The van der Waals surface area contributed by atoms with Gasteiger partial charge in [0, 0.05) is 39.2 Å². The van der Waals surface area contributed by atoms with Crippen LogP contribution in [0.2, 0.25) is 0 Å². The summed E-state index contributed by atoms with van der Waals surface area (Å²) in [6.45, 7) is 6.50. The molecule has 0 bridgehead atoms. The predicted octanol–water partition coefficient (Wildman–Crippen LogP) is 1.90. The number of halogens is 1. The summed E-state index contributed by atoms with van der Waals surface area (Å²) in [5, 5.41) is 2.14. The van der Waals surface area contributed by atoms with E-state index in [9.17, 15) is 24.0 Å². The molecule has 12 nitrogen and oxygen atoms in total. The fourth-order valence-corrected chi connectivity index (χ4v) is 5.41. The van der Waals surface area contributed by atoms with Gasteiger partial charge in [0.2, 0.25) is 17.7 Å². The molecule has 0 saturated carbocycles. The number of carbonyl (C=O) groups excluding carboxylic acids is 5. The van der Waals surface area contributed by atoms with Crippen molar-refractivity contribution >= 4 is 35.2 Å². The van der Waals surface area contributed by atoms with Crippen LogP contribution in [0.15, 0.2) is 12.1 Å². The molecular formula is C30H41FN4O8. The first-order valence-electron chi connectivity index (χ1n) is 15.1. The van der Waals surface area contributed by atoms with Crippen molar-refractivity contribution in [3.63, 3.8) is 0 Å². The van der Waals surface area contributed by atoms with Gasteiger partial charge in [-0.05, 0) is 25.0 Å². The molecule has 1 atom stereocenters. The van der Waals surface area contributed by atoms with Gasteiger partial charge in [-0.3, -0.25) is 34.2 Å². The Hall–Kier alpha value is -3.42. The number of nitrogens with one attached hydrogen (secondary N) is 1. The molecule has 236 valence electrons. The maximum absolute atomic E-state index is 15.1. The van der Waals surface area contributed by atoms with Crippen LogP contribution in [0.25, 0.3) is 0 Å². The molecule has 0 aromatic heterocycles. The lowest BCUT2D eigenvalue weighted by Crippen LogP contribution is -2.54. The van der Waals surface area contributed by atoms with Crippen LogP contribution in [-0.4, -0.2) is 111 Å². The zero-order valence-corrected chi connectivity index (χ0v) is 24.7. The van der Waals surface area contributed by atoms with E-state index in [-0.39, 0.29) is 48.6 Å². The minimum absolute atomic E-state index is 0.00214. The Kier molecular flexibility index (Phi) is 12.0. The topological polar surface area (TPSA) is 135 Å². The van der Waals surface area contributed by atoms with Crippen LogP contribution in [0.3, 0.4) is 0 Å². The van der Waals surface area contributed by atoms with Gasteiger partial charge in [-0.1, -0.05) is 26.2 Å². The number of ether oxygens (including phenoxy) is 3. The number of unbranched alkanes of at least 4 members (excludes halogenated alkanes) is 3. The lowest BCUT2D eigenvalue weighted by Gasteiger charge is -2.36. The maximum Gasteiger partial charge on any atom is 0.262 e. The predicted molar refractivity (Wildman–Crippen MR) is 153 cm³/mol. The van der Waals surface area contributed by atoms with Crippen LogP contribution >= 0.6 is 0 Å². The van der Waals surface area contributed by atoms with E-state index in [0.29, 0.717) is 52.6 Å². The van der Waals surface area contributed by atoms with E-state index in [1.54, 1.807) is 9.80 Å². The van der Waals surface area contributed by atoms with E-state index in [2.05, 4.69) is 12.2 Å². The highest BCUT2D eigenvalue weighted by molar-refractivity contribution is 6.23. The van der Waals surface area contributed by atoms with E-state index in [1.807, 2.05) is 0 Å². The number of piperidine rings is 1. The molecule has 5 amide bonds. The highest BCUT2D eigenvalue weighted by Crippen LogP contribution is 2.33. The molecule has 1 unspecified atom stereocenters. The Balaban J connectivity index is 1.16. The first-order valence-corrected chi connectivity index (χ1v) is 15.1. The normalized spacial score (nSPS) is 18.8. The number of amides is 5. The lowest BCUT2D eigenvalue weighted by molar-refractivity contribution is -0.136. The molecule has 1 aromatic rings. The zero-order chi connectivity index (χ0) is 30.8. The molecule has 0 radical (unpaired) electrons. The smallest absolute Gasteiger partial charge is 0.262 e. The van der Waals surface area contributed by atoms with E-state index in [1.165, 1.54) is 25.3 Å². The molecule has 2 saturated heterocycles. The molecular weight excluding hydrogens is 563 g/mol. The number of hydrogen-bond acceptors (Lipinski definition) is 9. The van der Waals surface area contributed by atoms with Crippen LogP contribution in [0.4, 0.5) is 10.1 Å². The number of anilines is 1. The van der Waals surface area contributed by atoms with Crippen molar-refractivity contribution < 1.29 is 42.6 Å². The number of imide groups is 2. The summed E-state index contributed by atoms with van der Waals surface area (Å²) in [5.41, 5.74) is 0.0596. The fraction of sp³-hybridized carbons (Fsp3) is 0.633. The van der Waals surface area contributed by atoms with Crippen LogP contribution in [0, 0.1) is 5.82 Å². The van der Waals surface area contributed by atoms with Crippen molar-refractivity contribution in [2.75, 3.05) is 70.7 Å². The fourth-order valence-electron chi connectivity index (χ4n) is 5.41. The van der Waals surface area contributed by atoms with Crippen molar-refractivity contribution in [1.82, 2.24) is 15.1 Å². The van der Waals surface area contributed by atoms with Crippen LogP contribution in [0.1, 0.15) is 72.6 Å². The largest absolute Gasteiger partial charge is 0.379 e. The minimum atomic E-state index is -1.12. The summed E-state index contributed by atoms with van der Waals surface area (Å²) >= 11 is 0. The monoisotopic (exact) mass is 604 g/mol. The van der Waals surface area contributed by atoms with Crippen molar-refractivity contribution in [2.45, 2.75) is 57.9 Å². The molecule has 0 aliphatic carbocycles. The number of piperazine rings is 1. The van der Waals surface area contributed by atoms with Crippen LogP contribution < -0.4 is 10.2 Å². The first kappa shape index (κ1) is 32.5. The van der Waals surface area contributed by atoms with Gasteiger partial charge < -0.3 is 24.0 Å². The Bertz CT molecular complexity index is 1190. The Morgan fingerprint density at radius 2 is 1.49 bits per heavy atom. The minimum Gasteiger partial charge on any atom is -0.379 e. The third-order valence-electron chi connectivity index (χ3n) is 7.83. The molecule has 2 fully saturated rings. The average molecular weight is 605 g/mol. The van der Waals surface area contributed by atoms with Gasteiger partial charge in [0.1, 0.15) is 11.9 Å². The number of carbonyl (C=O) groups is 5. The summed E-state index contributed by atoms with van der Waals surface area (Å²) in [7, 11) is 0. The second kappa shape index (κ2) is 15.9. The summed E-state index contributed by atoms with van der Waals surface area (Å²) in [5.74, 6) is -3.37. The number of benzene rings is 1. The quantitative estimate of drug-likeness (QED) is 0.222. The Morgan fingerprint density at radius 1 is 0.860 bits per heavy atom. The third-order valence-corrected chi connectivity index (χ3v) is 7.83. The summed E-state index contributed by atoms with van der Waals surface area (Å²) in [4.78, 5) is 66.7. The highest BCUT2D eigenvalue weighted by Gasteiger charge is 2.45. The van der Waals surface area contributed by atoms with Crippen molar-refractivity contribution in [3.05, 3.63) is 29.1 Å². The number of rotatable bonds is 16. The highest BCUT2D eigenvalue weighted by atomic mass is 19.1. The van der Waals surface area contributed by atoms with E-state index in [0.717, 1.165) is 24.0 Å². The molecule has 3 aliphatic heterocycles. The van der Waals surface area contributed by atoms with Crippen molar-refractivity contribution in [2.24, 2.45) is 0 Å². The van der Waals surface area contributed by atoms with E-state index >= 15 is 4.39 Å². The molecule has 0 spiro atoms. The standard InChI is InChI=1S/C30H41FN4O8/c1-2-3-4-5-13-41-15-17-43-18-16-42-14-8-27(37)34-11-9-33(10-12-34)25-20-22-21(19-23(25)31)29(39)35(30(22)40)24-6-7-26(36)32-28(24)38/h19-20,24H,2-18H2,1H3,(H,32,36,38).